The highest BCUT2D eigenvalue weighted by molar-refractivity contribution is 6.15. The number of fused-ring (bicyclic) bond motifs is 1. The van der Waals surface area contributed by atoms with Crippen molar-refractivity contribution in [2.75, 3.05) is 7.11 Å². The van der Waals surface area contributed by atoms with Gasteiger partial charge in [0.1, 0.15) is 5.69 Å². The molecule has 0 spiro atoms. The van der Waals surface area contributed by atoms with E-state index in [1.807, 2.05) is 0 Å². The summed E-state index contributed by atoms with van der Waals surface area (Å²) >= 11 is 0. The van der Waals surface area contributed by atoms with E-state index in [-0.39, 0.29) is 29.1 Å². The predicted octanol–water partition coefficient (Wildman–Crippen LogP) is 3.11. The minimum absolute atomic E-state index is 0.0660. The SMILES string of the molecule is COc1ccc(Cn2nc(C)c(-c3c(C(N)=O)nc4ccccc4c3C(N)=O)c2C)cc1F. The molecule has 33 heavy (non-hydrogen) atoms. The molecule has 0 bridgehead atoms. The fraction of sp³-hybridized carbons (Fsp3) is 0.167. The zero-order valence-corrected chi connectivity index (χ0v) is 18.3. The molecule has 2 amide bonds. The fourth-order valence-electron chi connectivity index (χ4n) is 4.08. The number of nitrogens with two attached hydrogens (primary N) is 2. The summed E-state index contributed by atoms with van der Waals surface area (Å²) in [4.78, 5) is 29.3. The molecule has 0 aliphatic rings. The van der Waals surface area contributed by atoms with Gasteiger partial charge in [0.25, 0.3) is 5.91 Å². The molecule has 2 aromatic heterocycles. The van der Waals surface area contributed by atoms with Gasteiger partial charge < -0.3 is 16.2 Å². The van der Waals surface area contributed by atoms with Gasteiger partial charge >= 0.3 is 0 Å². The number of amides is 2. The van der Waals surface area contributed by atoms with E-state index in [9.17, 15) is 14.0 Å². The third kappa shape index (κ3) is 3.78. The Balaban J connectivity index is 1.94. The highest BCUT2D eigenvalue weighted by Gasteiger charge is 2.27. The van der Waals surface area contributed by atoms with Crippen LogP contribution in [0.15, 0.2) is 42.5 Å². The van der Waals surface area contributed by atoms with Crippen molar-refractivity contribution >= 4 is 22.7 Å². The molecule has 0 atom stereocenters. The number of ether oxygens (including phenoxy) is 1. The number of aryl methyl sites for hydroxylation is 1. The number of methoxy groups -OCH3 is 1. The van der Waals surface area contributed by atoms with Crippen molar-refractivity contribution in [2.45, 2.75) is 20.4 Å². The van der Waals surface area contributed by atoms with Crippen LogP contribution in [0.1, 0.15) is 37.8 Å². The van der Waals surface area contributed by atoms with Crippen molar-refractivity contribution in [1.82, 2.24) is 14.8 Å². The number of primary amides is 2. The Morgan fingerprint density at radius 3 is 2.42 bits per heavy atom. The lowest BCUT2D eigenvalue weighted by Crippen LogP contribution is -2.21. The summed E-state index contributed by atoms with van der Waals surface area (Å²) < 4.78 is 20.8. The van der Waals surface area contributed by atoms with Crippen molar-refractivity contribution in [2.24, 2.45) is 11.5 Å². The molecule has 0 fully saturated rings. The quantitative estimate of drug-likeness (QED) is 0.470. The summed E-state index contributed by atoms with van der Waals surface area (Å²) in [5, 5.41) is 5.07. The van der Waals surface area contributed by atoms with Gasteiger partial charge in [0.05, 0.1) is 30.4 Å². The number of nitrogens with zero attached hydrogens (tertiary/aromatic N) is 3. The van der Waals surface area contributed by atoms with Gasteiger partial charge in [-0.3, -0.25) is 14.3 Å². The van der Waals surface area contributed by atoms with Crippen molar-refractivity contribution in [1.29, 1.82) is 0 Å². The number of para-hydroxylation sites is 1. The average Bonchev–Trinajstić information content (AvgIpc) is 3.04. The van der Waals surface area contributed by atoms with Crippen molar-refractivity contribution in [3.8, 4) is 16.9 Å². The molecule has 0 unspecified atom stereocenters. The van der Waals surface area contributed by atoms with Crippen LogP contribution < -0.4 is 16.2 Å². The maximum absolute atomic E-state index is 14.2. The number of carbonyl (C=O) groups is 2. The van der Waals surface area contributed by atoms with Gasteiger partial charge in [-0.15, -0.1) is 0 Å². The van der Waals surface area contributed by atoms with Crippen LogP contribution in [0.4, 0.5) is 4.39 Å². The van der Waals surface area contributed by atoms with Crippen molar-refractivity contribution in [3.63, 3.8) is 0 Å². The molecule has 8 nitrogen and oxygen atoms in total. The summed E-state index contributed by atoms with van der Waals surface area (Å²) in [5.41, 5.74) is 14.6. The second kappa shape index (κ2) is 8.34. The summed E-state index contributed by atoms with van der Waals surface area (Å²) in [6.45, 7) is 3.80. The molecule has 4 N–H and O–H groups in total. The number of benzene rings is 2. The first kappa shape index (κ1) is 21.9. The Kier molecular flexibility index (Phi) is 5.55. The molecule has 2 aromatic carbocycles. The van der Waals surface area contributed by atoms with Crippen LogP contribution in [0.3, 0.4) is 0 Å². The highest BCUT2D eigenvalue weighted by Crippen LogP contribution is 2.36. The first-order valence-corrected chi connectivity index (χ1v) is 10.1. The topological polar surface area (TPSA) is 126 Å². The van der Waals surface area contributed by atoms with Crippen LogP contribution in [0.25, 0.3) is 22.0 Å². The molecule has 0 aliphatic heterocycles. The maximum atomic E-state index is 14.2. The number of carbonyl (C=O) groups excluding carboxylic acids is 2. The third-order valence-corrected chi connectivity index (χ3v) is 5.55. The normalized spacial score (nSPS) is 11.0. The van der Waals surface area contributed by atoms with E-state index in [1.165, 1.54) is 13.2 Å². The van der Waals surface area contributed by atoms with E-state index < -0.39 is 17.6 Å². The van der Waals surface area contributed by atoms with Crippen LogP contribution in [-0.4, -0.2) is 33.7 Å². The Bertz CT molecular complexity index is 1430. The fourth-order valence-corrected chi connectivity index (χ4v) is 4.08. The minimum atomic E-state index is -0.790. The molecule has 0 radical (unpaired) electrons. The van der Waals surface area contributed by atoms with Crippen LogP contribution in [0, 0.1) is 19.7 Å². The largest absolute Gasteiger partial charge is 0.494 e. The van der Waals surface area contributed by atoms with Crippen LogP contribution in [0.2, 0.25) is 0 Å². The minimum Gasteiger partial charge on any atom is -0.494 e. The molecular weight excluding hydrogens is 425 g/mol. The van der Waals surface area contributed by atoms with Gasteiger partial charge in [-0.1, -0.05) is 24.3 Å². The summed E-state index contributed by atoms with van der Waals surface area (Å²) in [6.07, 6.45) is 0. The second-order valence-corrected chi connectivity index (χ2v) is 7.63. The van der Waals surface area contributed by atoms with Gasteiger partial charge in [0, 0.05) is 22.2 Å². The Labute approximate surface area is 189 Å². The lowest BCUT2D eigenvalue weighted by molar-refractivity contribution is 0.0996. The Morgan fingerprint density at radius 1 is 1.06 bits per heavy atom. The molecule has 168 valence electrons. The molecule has 0 saturated carbocycles. The number of aromatic nitrogens is 3. The molecule has 4 rings (SSSR count). The number of rotatable bonds is 6. The van der Waals surface area contributed by atoms with Crippen LogP contribution in [0.5, 0.6) is 5.75 Å². The van der Waals surface area contributed by atoms with E-state index in [1.54, 1.807) is 54.9 Å². The zero-order chi connectivity index (χ0) is 23.9. The van der Waals surface area contributed by atoms with Gasteiger partial charge in [-0.2, -0.15) is 5.10 Å². The van der Waals surface area contributed by atoms with E-state index in [2.05, 4.69) is 10.1 Å². The van der Waals surface area contributed by atoms with Crippen LogP contribution >= 0.6 is 0 Å². The van der Waals surface area contributed by atoms with Crippen molar-refractivity contribution in [3.05, 3.63) is 76.5 Å². The molecular formula is C24H22FN5O3. The zero-order valence-electron chi connectivity index (χ0n) is 18.3. The standard InChI is InChI=1S/C24H22FN5O3/c1-12-19(13(2)30(29-12)11-14-8-9-18(33-3)16(25)10-14)21-20(23(26)31)15-6-4-5-7-17(15)28-22(21)24(27)32/h4-10H,11H2,1-3H3,(H2,26,31)(H2,27,32). The predicted molar refractivity (Wildman–Crippen MR) is 122 cm³/mol. The third-order valence-electron chi connectivity index (χ3n) is 5.55. The summed E-state index contributed by atoms with van der Waals surface area (Å²) in [6, 6.07) is 11.5. The van der Waals surface area contributed by atoms with Gasteiger partial charge in [-0.25, -0.2) is 9.37 Å². The van der Waals surface area contributed by atoms with E-state index >= 15 is 0 Å². The average molecular weight is 447 g/mol. The van der Waals surface area contributed by atoms with E-state index in [0.717, 1.165) is 0 Å². The van der Waals surface area contributed by atoms with Crippen LogP contribution in [-0.2, 0) is 6.54 Å². The number of halogens is 1. The maximum Gasteiger partial charge on any atom is 0.267 e. The first-order chi connectivity index (χ1) is 15.7. The molecule has 9 heteroatoms. The van der Waals surface area contributed by atoms with Gasteiger partial charge in [0.2, 0.25) is 5.91 Å². The summed E-state index contributed by atoms with van der Waals surface area (Å²) in [5.74, 6) is -1.84. The monoisotopic (exact) mass is 447 g/mol. The van der Waals surface area contributed by atoms with Gasteiger partial charge in [-0.05, 0) is 37.6 Å². The number of pyridine rings is 1. The highest BCUT2D eigenvalue weighted by atomic mass is 19.1. The van der Waals surface area contributed by atoms with E-state index in [4.69, 9.17) is 16.2 Å². The Hall–Kier alpha value is -4.27. The Morgan fingerprint density at radius 2 is 1.79 bits per heavy atom. The number of hydrogen-bond acceptors (Lipinski definition) is 5. The molecule has 0 aliphatic carbocycles. The van der Waals surface area contributed by atoms with E-state index in [0.29, 0.717) is 33.4 Å². The first-order valence-electron chi connectivity index (χ1n) is 10.1. The molecule has 2 heterocycles. The van der Waals surface area contributed by atoms with Crippen molar-refractivity contribution < 1.29 is 18.7 Å². The lowest BCUT2D eigenvalue weighted by Gasteiger charge is -2.15. The smallest absolute Gasteiger partial charge is 0.267 e. The lowest BCUT2D eigenvalue weighted by atomic mass is 9.92. The molecule has 0 saturated heterocycles. The number of hydrogen-bond donors (Lipinski definition) is 2. The second-order valence-electron chi connectivity index (χ2n) is 7.63. The summed E-state index contributed by atoms with van der Waals surface area (Å²) in [7, 11) is 1.40. The van der Waals surface area contributed by atoms with Gasteiger partial charge in [0.15, 0.2) is 11.6 Å². The molecule has 4 aromatic rings.